The van der Waals surface area contributed by atoms with E-state index in [2.05, 4.69) is 17.5 Å². The monoisotopic (exact) mass is 404 g/mol. The van der Waals surface area contributed by atoms with Crippen LogP contribution in [0.3, 0.4) is 0 Å². The van der Waals surface area contributed by atoms with Gasteiger partial charge in [-0.05, 0) is 31.2 Å². The number of quaternary nitrogens is 1. The summed E-state index contributed by atoms with van der Waals surface area (Å²) in [6.45, 7) is 5.16. The van der Waals surface area contributed by atoms with E-state index in [1.54, 1.807) is 23.0 Å². The van der Waals surface area contributed by atoms with Crippen LogP contribution in [0.15, 0.2) is 60.8 Å². The Balaban J connectivity index is 1.68. The Hall–Kier alpha value is -3.45. The Morgan fingerprint density at radius 2 is 1.67 bits per heavy atom. The van der Waals surface area contributed by atoms with Gasteiger partial charge in [0.1, 0.15) is 11.4 Å². The Morgan fingerprint density at radius 1 is 1.00 bits per heavy atom. The van der Waals surface area contributed by atoms with Crippen LogP contribution in [-0.2, 0) is 0 Å². The summed E-state index contributed by atoms with van der Waals surface area (Å²) >= 11 is 0. The molecule has 30 heavy (non-hydrogen) atoms. The number of aromatic nitrogens is 2. The van der Waals surface area contributed by atoms with Crippen molar-refractivity contribution in [2.45, 2.75) is 6.92 Å². The van der Waals surface area contributed by atoms with Gasteiger partial charge in [0, 0.05) is 5.56 Å². The largest absolute Gasteiger partial charge is 0.334 e. The van der Waals surface area contributed by atoms with Crippen LogP contribution in [0.4, 0.5) is 5.82 Å². The fraction of sp³-hybridized carbons (Fsp3) is 0.261. The van der Waals surface area contributed by atoms with Crippen molar-refractivity contribution in [3.05, 3.63) is 77.5 Å². The van der Waals surface area contributed by atoms with Crippen LogP contribution in [0.2, 0.25) is 0 Å². The number of carbonyl (C=O) groups is 2. The van der Waals surface area contributed by atoms with Crippen LogP contribution in [0.1, 0.15) is 26.3 Å². The lowest BCUT2D eigenvalue weighted by Crippen LogP contribution is -3.12. The van der Waals surface area contributed by atoms with Gasteiger partial charge in [0.25, 0.3) is 11.8 Å². The summed E-state index contributed by atoms with van der Waals surface area (Å²) in [5.74, 6) is 0.0106. The molecule has 0 spiro atoms. The molecule has 1 aliphatic heterocycles. The SMILES string of the molecule is Cc1ccc(C(=O)Nc2c(C(=O)N3CC[NH+](C)CC3)cnn2-c2ccccc2)cc1. The second-order valence-electron chi connectivity index (χ2n) is 7.72. The Bertz CT molecular complexity index is 1040. The standard InChI is InChI=1S/C23H25N5O2/c1-17-8-10-18(11-9-17)22(29)25-21-20(23(30)27-14-12-26(2)13-15-27)16-24-28(21)19-6-4-3-5-7-19/h3-11,16H,12-15H2,1-2H3,(H,25,29)/p+1. The first-order valence-corrected chi connectivity index (χ1v) is 10.1. The lowest BCUT2D eigenvalue weighted by atomic mass is 10.1. The molecule has 2 N–H and O–H groups in total. The highest BCUT2D eigenvalue weighted by molar-refractivity contribution is 6.08. The van der Waals surface area contributed by atoms with Gasteiger partial charge < -0.3 is 15.1 Å². The van der Waals surface area contributed by atoms with E-state index < -0.39 is 0 Å². The maximum absolute atomic E-state index is 13.2. The number of nitrogens with zero attached hydrogens (tertiary/aromatic N) is 3. The van der Waals surface area contributed by atoms with E-state index in [0.29, 0.717) is 30.0 Å². The van der Waals surface area contributed by atoms with Crippen molar-refractivity contribution in [1.29, 1.82) is 0 Å². The van der Waals surface area contributed by atoms with E-state index in [4.69, 9.17) is 0 Å². The fourth-order valence-corrected chi connectivity index (χ4v) is 3.54. The van der Waals surface area contributed by atoms with Crippen molar-refractivity contribution in [2.75, 3.05) is 38.5 Å². The maximum Gasteiger partial charge on any atom is 0.259 e. The third-order valence-corrected chi connectivity index (χ3v) is 5.45. The van der Waals surface area contributed by atoms with Crippen LogP contribution in [-0.4, -0.2) is 59.7 Å². The molecule has 0 saturated carbocycles. The molecule has 0 aliphatic carbocycles. The zero-order valence-corrected chi connectivity index (χ0v) is 17.3. The average Bonchev–Trinajstić information content (AvgIpc) is 3.18. The van der Waals surface area contributed by atoms with Crippen LogP contribution in [0.25, 0.3) is 5.69 Å². The minimum Gasteiger partial charge on any atom is -0.334 e. The molecular weight excluding hydrogens is 378 g/mol. The van der Waals surface area contributed by atoms with Crippen molar-refractivity contribution in [2.24, 2.45) is 0 Å². The summed E-state index contributed by atoms with van der Waals surface area (Å²) in [6, 6.07) is 16.8. The van der Waals surface area contributed by atoms with Gasteiger partial charge in [-0.25, -0.2) is 4.68 Å². The number of para-hydroxylation sites is 1. The predicted molar refractivity (Wildman–Crippen MR) is 115 cm³/mol. The van der Waals surface area contributed by atoms with E-state index in [0.717, 1.165) is 24.3 Å². The molecule has 0 atom stereocenters. The highest BCUT2D eigenvalue weighted by Crippen LogP contribution is 2.23. The molecule has 2 heterocycles. The minimum atomic E-state index is -0.274. The highest BCUT2D eigenvalue weighted by Gasteiger charge is 2.28. The van der Waals surface area contributed by atoms with Gasteiger partial charge in [-0.1, -0.05) is 35.9 Å². The molecule has 7 nitrogen and oxygen atoms in total. The number of hydrogen-bond acceptors (Lipinski definition) is 3. The fourth-order valence-electron chi connectivity index (χ4n) is 3.54. The number of hydrogen-bond donors (Lipinski definition) is 2. The second-order valence-corrected chi connectivity index (χ2v) is 7.72. The third kappa shape index (κ3) is 4.11. The van der Waals surface area contributed by atoms with Crippen molar-refractivity contribution >= 4 is 17.6 Å². The van der Waals surface area contributed by atoms with Crippen LogP contribution in [0, 0.1) is 6.92 Å². The van der Waals surface area contributed by atoms with E-state index in [-0.39, 0.29) is 11.8 Å². The van der Waals surface area contributed by atoms with Crippen molar-refractivity contribution in [1.82, 2.24) is 14.7 Å². The van der Waals surface area contributed by atoms with Gasteiger partial charge in [0.15, 0.2) is 0 Å². The van der Waals surface area contributed by atoms with Gasteiger partial charge in [-0.3, -0.25) is 9.59 Å². The van der Waals surface area contributed by atoms with E-state index in [1.807, 2.05) is 54.3 Å². The van der Waals surface area contributed by atoms with E-state index in [9.17, 15) is 9.59 Å². The quantitative estimate of drug-likeness (QED) is 0.691. The average molecular weight is 404 g/mol. The van der Waals surface area contributed by atoms with Gasteiger partial charge >= 0.3 is 0 Å². The number of aryl methyl sites for hydroxylation is 1. The zero-order valence-electron chi connectivity index (χ0n) is 17.3. The molecule has 0 bridgehead atoms. The lowest BCUT2D eigenvalue weighted by molar-refractivity contribution is -0.883. The molecule has 3 aromatic rings. The number of carbonyl (C=O) groups excluding carboxylic acids is 2. The summed E-state index contributed by atoms with van der Waals surface area (Å²) < 4.78 is 1.61. The molecule has 7 heteroatoms. The molecule has 1 saturated heterocycles. The molecule has 154 valence electrons. The molecule has 0 radical (unpaired) electrons. The van der Waals surface area contributed by atoms with Crippen LogP contribution >= 0.6 is 0 Å². The first-order valence-electron chi connectivity index (χ1n) is 10.1. The molecule has 1 aromatic heterocycles. The normalized spacial score (nSPS) is 14.5. The molecule has 1 aliphatic rings. The van der Waals surface area contributed by atoms with Gasteiger partial charge in [0.2, 0.25) is 0 Å². The summed E-state index contributed by atoms with van der Waals surface area (Å²) in [6.07, 6.45) is 1.55. The molecule has 1 fully saturated rings. The Labute approximate surface area is 175 Å². The summed E-state index contributed by atoms with van der Waals surface area (Å²) in [5.41, 5.74) is 2.79. The number of benzene rings is 2. The van der Waals surface area contributed by atoms with Crippen molar-refractivity contribution in [3.8, 4) is 5.69 Å². The van der Waals surface area contributed by atoms with Crippen molar-refractivity contribution < 1.29 is 14.5 Å². The van der Waals surface area contributed by atoms with Gasteiger partial charge in [-0.15, -0.1) is 0 Å². The van der Waals surface area contributed by atoms with Crippen LogP contribution in [0.5, 0.6) is 0 Å². The van der Waals surface area contributed by atoms with Gasteiger partial charge in [-0.2, -0.15) is 5.10 Å². The van der Waals surface area contributed by atoms with Crippen molar-refractivity contribution in [3.63, 3.8) is 0 Å². The number of piperazine rings is 1. The molecule has 0 unspecified atom stereocenters. The minimum absolute atomic E-state index is 0.108. The molecule has 2 aromatic carbocycles. The molecular formula is C23H26N5O2+. The summed E-state index contributed by atoms with van der Waals surface area (Å²) in [4.78, 5) is 29.4. The Kier molecular flexibility index (Phi) is 5.63. The first kappa shape index (κ1) is 19.8. The topological polar surface area (TPSA) is 71.7 Å². The van der Waals surface area contributed by atoms with Crippen LogP contribution < -0.4 is 10.2 Å². The molecule has 2 amide bonds. The van der Waals surface area contributed by atoms with Gasteiger partial charge in [0.05, 0.1) is 45.1 Å². The summed E-state index contributed by atoms with van der Waals surface area (Å²) in [5, 5.41) is 7.36. The Morgan fingerprint density at radius 3 is 2.33 bits per heavy atom. The smallest absolute Gasteiger partial charge is 0.259 e. The van der Waals surface area contributed by atoms with E-state index >= 15 is 0 Å². The second kappa shape index (κ2) is 8.51. The third-order valence-electron chi connectivity index (χ3n) is 5.45. The molecule has 4 rings (SSSR count). The number of rotatable bonds is 4. The zero-order chi connectivity index (χ0) is 21.1. The lowest BCUT2D eigenvalue weighted by Gasteiger charge is -2.30. The number of nitrogens with one attached hydrogen (secondary N) is 2. The first-order chi connectivity index (χ1) is 14.5. The number of anilines is 1. The maximum atomic E-state index is 13.2. The number of likely N-dealkylation sites (N-methyl/N-ethyl adjacent to an activating group) is 1. The highest BCUT2D eigenvalue weighted by atomic mass is 16.2. The van der Waals surface area contributed by atoms with E-state index in [1.165, 1.54) is 4.90 Å². The number of amides is 2. The summed E-state index contributed by atoms with van der Waals surface area (Å²) in [7, 11) is 2.13. The predicted octanol–water partition coefficient (Wildman–Crippen LogP) is 1.40.